The summed E-state index contributed by atoms with van der Waals surface area (Å²) in [5.74, 6) is 0.880. The number of rotatable bonds is 8. The molecule has 1 aliphatic rings. The molecule has 3 aromatic carbocycles. The van der Waals surface area contributed by atoms with Crippen molar-refractivity contribution in [3.8, 4) is 0 Å². The fourth-order valence-corrected chi connectivity index (χ4v) is 6.07. The maximum atomic E-state index is 13.1. The molecule has 1 saturated heterocycles. The zero-order valence-corrected chi connectivity index (χ0v) is 20.8. The van der Waals surface area contributed by atoms with E-state index in [1.54, 1.807) is 36.4 Å². The average Bonchev–Trinajstić information content (AvgIpc) is 2.89. The number of para-hydroxylation sites is 1. The summed E-state index contributed by atoms with van der Waals surface area (Å²) in [6, 6.07) is 25.6. The van der Waals surface area contributed by atoms with Crippen molar-refractivity contribution < 1.29 is 13.2 Å². The average molecular weight is 496 g/mol. The van der Waals surface area contributed by atoms with E-state index in [0.717, 1.165) is 25.4 Å². The van der Waals surface area contributed by atoms with E-state index in [9.17, 15) is 13.2 Å². The number of piperazine rings is 1. The monoisotopic (exact) mass is 495 g/mol. The first-order chi connectivity index (χ1) is 16.4. The highest BCUT2D eigenvalue weighted by molar-refractivity contribution is 7.99. The van der Waals surface area contributed by atoms with Crippen molar-refractivity contribution in [2.75, 3.05) is 49.8 Å². The molecule has 0 spiro atoms. The first-order valence-electron chi connectivity index (χ1n) is 11.3. The topological polar surface area (TPSA) is 60.9 Å². The van der Waals surface area contributed by atoms with Crippen molar-refractivity contribution in [3.63, 3.8) is 0 Å². The van der Waals surface area contributed by atoms with Crippen molar-refractivity contribution >= 4 is 33.4 Å². The minimum absolute atomic E-state index is 0.112. The highest BCUT2D eigenvalue weighted by Gasteiger charge is 2.25. The normalized spacial score (nSPS) is 14.7. The van der Waals surface area contributed by atoms with Crippen LogP contribution in [0.4, 0.5) is 5.69 Å². The maximum Gasteiger partial charge on any atom is 0.264 e. The van der Waals surface area contributed by atoms with Gasteiger partial charge in [0.2, 0.25) is 0 Å². The van der Waals surface area contributed by atoms with Crippen LogP contribution in [0.2, 0.25) is 0 Å². The van der Waals surface area contributed by atoms with Crippen LogP contribution in [-0.2, 0) is 10.0 Å². The van der Waals surface area contributed by atoms with Gasteiger partial charge in [0.25, 0.3) is 15.9 Å². The van der Waals surface area contributed by atoms with E-state index in [4.69, 9.17) is 0 Å². The molecule has 0 aromatic heterocycles. The van der Waals surface area contributed by atoms with E-state index in [-0.39, 0.29) is 10.8 Å². The molecule has 1 amide bonds. The Balaban J connectivity index is 1.34. The number of carbonyl (C=O) groups excluding carboxylic acids is 1. The van der Waals surface area contributed by atoms with Crippen molar-refractivity contribution in [1.29, 1.82) is 0 Å². The lowest BCUT2D eigenvalue weighted by Gasteiger charge is -2.34. The molecule has 1 fully saturated rings. The molecule has 1 heterocycles. The molecule has 34 heavy (non-hydrogen) atoms. The van der Waals surface area contributed by atoms with E-state index in [1.165, 1.54) is 28.4 Å². The molecule has 0 bridgehead atoms. The Kier molecular flexibility index (Phi) is 7.92. The summed E-state index contributed by atoms with van der Waals surface area (Å²) in [6.07, 6.45) is 0. The summed E-state index contributed by atoms with van der Waals surface area (Å²) in [7, 11) is -2.25. The fraction of sp³-hybridized carbons (Fsp3) is 0.269. The van der Waals surface area contributed by atoms with Crippen LogP contribution in [-0.4, -0.2) is 69.6 Å². The highest BCUT2D eigenvalue weighted by atomic mass is 32.2. The number of benzene rings is 3. The quantitative estimate of drug-likeness (QED) is 0.441. The number of hydrogen-bond acceptors (Lipinski definition) is 5. The van der Waals surface area contributed by atoms with Gasteiger partial charge in [-0.1, -0.05) is 42.5 Å². The third-order valence-electron chi connectivity index (χ3n) is 5.94. The standard InChI is InChI=1S/C26H29N3O3S2/c1-27(23-10-4-2-5-11-23)34(31,32)25-14-8-9-22(21-25)26(30)29-17-15-28(16-18-29)19-20-33-24-12-6-3-7-13-24/h2-14,21H,15-20H2,1H3. The van der Waals surface area contributed by atoms with Crippen LogP contribution in [0, 0.1) is 0 Å². The highest BCUT2D eigenvalue weighted by Crippen LogP contribution is 2.23. The third-order valence-corrected chi connectivity index (χ3v) is 8.71. The largest absolute Gasteiger partial charge is 0.336 e. The fourth-order valence-electron chi connectivity index (χ4n) is 3.89. The summed E-state index contributed by atoms with van der Waals surface area (Å²) in [6.45, 7) is 3.87. The van der Waals surface area contributed by atoms with Crippen LogP contribution >= 0.6 is 11.8 Å². The number of hydrogen-bond donors (Lipinski definition) is 0. The lowest BCUT2D eigenvalue weighted by Crippen LogP contribution is -2.49. The van der Waals surface area contributed by atoms with Gasteiger partial charge in [-0.15, -0.1) is 11.8 Å². The Morgan fingerprint density at radius 3 is 2.21 bits per heavy atom. The number of nitrogens with zero attached hydrogens (tertiary/aromatic N) is 3. The summed E-state index contributed by atoms with van der Waals surface area (Å²) >= 11 is 1.84. The zero-order chi connectivity index (χ0) is 24.0. The van der Waals surface area contributed by atoms with Gasteiger partial charge in [0, 0.05) is 56.0 Å². The number of thioether (sulfide) groups is 1. The maximum absolute atomic E-state index is 13.1. The van der Waals surface area contributed by atoms with Crippen molar-refractivity contribution in [2.45, 2.75) is 9.79 Å². The van der Waals surface area contributed by atoms with E-state index >= 15 is 0 Å². The first-order valence-corrected chi connectivity index (χ1v) is 13.7. The zero-order valence-electron chi connectivity index (χ0n) is 19.2. The van der Waals surface area contributed by atoms with Gasteiger partial charge >= 0.3 is 0 Å². The van der Waals surface area contributed by atoms with Crippen molar-refractivity contribution in [3.05, 3.63) is 90.5 Å². The molecule has 0 unspecified atom stereocenters. The minimum atomic E-state index is -3.77. The van der Waals surface area contributed by atoms with Crippen LogP contribution in [0.15, 0.2) is 94.7 Å². The van der Waals surface area contributed by atoms with Gasteiger partial charge in [-0.2, -0.15) is 0 Å². The van der Waals surface area contributed by atoms with Crippen LogP contribution in [0.5, 0.6) is 0 Å². The Labute approximate surface area is 206 Å². The molecule has 0 N–H and O–H groups in total. The van der Waals surface area contributed by atoms with Gasteiger partial charge in [-0.05, 0) is 42.5 Å². The summed E-state index contributed by atoms with van der Waals surface area (Å²) in [5.41, 5.74) is 0.969. The molecule has 0 atom stereocenters. The summed E-state index contributed by atoms with van der Waals surface area (Å²) < 4.78 is 27.5. The van der Waals surface area contributed by atoms with E-state index in [1.807, 2.05) is 40.9 Å². The van der Waals surface area contributed by atoms with Crippen LogP contribution < -0.4 is 4.31 Å². The third kappa shape index (κ3) is 5.81. The number of sulfonamides is 1. The van der Waals surface area contributed by atoms with Gasteiger partial charge < -0.3 is 4.90 Å². The molecule has 8 heteroatoms. The molecule has 178 valence electrons. The van der Waals surface area contributed by atoms with Crippen LogP contribution in [0.25, 0.3) is 0 Å². The number of anilines is 1. The lowest BCUT2D eigenvalue weighted by atomic mass is 10.2. The smallest absolute Gasteiger partial charge is 0.264 e. The second-order valence-electron chi connectivity index (χ2n) is 8.13. The predicted molar refractivity (Wildman–Crippen MR) is 138 cm³/mol. The van der Waals surface area contributed by atoms with E-state index < -0.39 is 10.0 Å². The van der Waals surface area contributed by atoms with Gasteiger partial charge in [-0.3, -0.25) is 14.0 Å². The molecule has 3 aromatic rings. The molecule has 1 aliphatic heterocycles. The van der Waals surface area contributed by atoms with Gasteiger partial charge in [0.05, 0.1) is 10.6 Å². The Hall–Kier alpha value is -2.81. The molecule has 0 saturated carbocycles. The molecule has 6 nitrogen and oxygen atoms in total. The first kappa shape index (κ1) is 24.3. The Bertz CT molecular complexity index is 1200. The summed E-state index contributed by atoms with van der Waals surface area (Å²) in [4.78, 5) is 18.7. The molecular formula is C26H29N3O3S2. The van der Waals surface area contributed by atoms with Gasteiger partial charge in [0.1, 0.15) is 0 Å². The van der Waals surface area contributed by atoms with E-state index in [0.29, 0.717) is 24.3 Å². The van der Waals surface area contributed by atoms with Crippen LogP contribution in [0.3, 0.4) is 0 Å². The van der Waals surface area contributed by atoms with Crippen molar-refractivity contribution in [1.82, 2.24) is 9.80 Å². The second-order valence-corrected chi connectivity index (χ2v) is 11.3. The predicted octanol–water partition coefficient (Wildman–Crippen LogP) is 4.06. The SMILES string of the molecule is CN(c1ccccc1)S(=O)(=O)c1cccc(C(=O)N2CCN(CCSc3ccccc3)CC2)c1. The number of carbonyl (C=O) groups is 1. The van der Waals surface area contributed by atoms with Gasteiger partial charge in [0.15, 0.2) is 0 Å². The molecule has 4 rings (SSSR count). The Morgan fingerprint density at radius 2 is 1.53 bits per heavy atom. The van der Waals surface area contributed by atoms with Crippen LogP contribution in [0.1, 0.15) is 10.4 Å². The molecular weight excluding hydrogens is 466 g/mol. The lowest BCUT2D eigenvalue weighted by molar-refractivity contribution is 0.0644. The minimum Gasteiger partial charge on any atom is -0.336 e. The number of amides is 1. The molecule has 0 radical (unpaired) electrons. The molecule has 0 aliphatic carbocycles. The van der Waals surface area contributed by atoms with Gasteiger partial charge in [-0.25, -0.2) is 8.42 Å². The summed E-state index contributed by atoms with van der Waals surface area (Å²) in [5, 5.41) is 0. The second kappa shape index (κ2) is 11.1. The van der Waals surface area contributed by atoms with E-state index in [2.05, 4.69) is 17.0 Å². The Morgan fingerprint density at radius 1 is 0.882 bits per heavy atom. The van der Waals surface area contributed by atoms with Crippen molar-refractivity contribution in [2.24, 2.45) is 0 Å².